The number of piperazine rings is 1. The molecule has 1 aromatic carbocycles. The summed E-state index contributed by atoms with van der Waals surface area (Å²) in [7, 11) is 1.64. The lowest BCUT2D eigenvalue weighted by atomic mass is 10.1. The Labute approximate surface area is 120 Å². The Balaban J connectivity index is 2.00. The highest BCUT2D eigenvalue weighted by molar-refractivity contribution is 5.92. The predicted octanol–water partition coefficient (Wildman–Crippen LogP) is 1.92. The number of benzene rings is 1. The molecule has 1 amide bonds. The molecular weight excluding hydrogens is 252 g/mol. The third kappa shape index (κ3) is 3.61. The third-order valence-corrected chi connectivity index (χ3v) is 3.58. The number of nitrogens with zero attached hydrogens (tertiary/aromatic N) is 1. The maximum absolute atomic E-state index is 12.2. The van der Waals surface area contributed by atoms with Crippen LogP contribution in [0.25, 0.3) is 6.08 Å². The third-order valence-electron chi connectivity index (χ3n) is 3.58. The van der Waals surface area contributed by atoms with Crippen LogP contribution >= 0.6 is 0 Å². The van der Waals surface area contributed by atoms with Crippen LogP contribution in [0.1, 0.15) is 19.4 Å². The highest BCUT2D eigenvalue weighted by Crippen LogP contribution is 2.13. The minimum Gasteiger partial charge on any atom is -0.497 e. The van der Waals surface area contributed by atoms with Crippen molar-refractivity contribution < 1.29 is 9.53 Å². The van der Waals surface area contributed by atoms with Crippen LogP contribution in [0, 0.1) is 0 Å². The van der Waals surface area contributed by atoms with E-state index in [2.05, 4.69) is 19.2 Å². The molecule has 0 spiro atoms. The number of nitrogens with one attached hydrogen (secondary N) is 1. The number of rotatable bonds is 3. The summed E-state index contributed by atoms with van der Waals surface area (Å²) >= 11 is 0. The first-order valence-electron chi connectivity index (χ1n) is 6.96. The van der Waals surface area contributed by atoms with E-state index in [4.69, 9.17) is 4.74 Å². The van der Waals surface area contributed by atoms with Crippen molar-refractivity contribution in [3.05, 3.63) is 35.9 Å². The molecule has 0 radical (unpaired) electrons. The summed E-state index contributed by atoms with van der Waals surface area (Å²) in [4.78, 5) is 14.2. The van der Waals surface area contributed by atoms with Crippen molar-refractivity contribution in [2.45, 2.75) is 25.9 Å². The predicted molar refractivity (Wildman–Crippen MR) is 80.7 cm³/mol. The van der Waals surface area contributed by atoms with Crippen molar-refractivity contribution >= 4 is 12.0 Å². The zero-order valence-electron chi connectivity index (χ0n) is 12.3. The van der Waals surface area contributed by atoms with Gasteiger partial charge in [0.25, 0.3) is 0 Å². The normalized spacial score (nSPS) is 23.1. The van der Waals surface area contributed by atoms with Crippen LogP contribution in [0.4, 0.5) is 0 Å². The Morgan fingerprint density at radius 1 is 1.35 bits per heavy atom. The van der Waals surface area contributed by atoms with Crippen LogP contribution in [-0.2, 0) is 4.79 Å². The average Bonchev–Trinajstić information content (AvgIpc) is 2.47. The molecule has 1 heterocycles. The largest absolute Gasteiger partial charge is 0.497 e. The van der Waals surface area contributed by atoms with Crippen LogP contribution in [0.2, 0.25) is 0 Å². The number of amides is 1. The number of ether oxygens (including phenoxy) is 1. The van der Waals surface area contributed by atoms with Crippen molar-refractivity contribution in [1.29, 1.82) is 0 Å². The summed E-state index contributed by atoms with van der Waals surface area (Å²) in [5.74, 6) is 0.889. The molecule has 20 heavy (non-hydrogen) atoms. The smallest absolute Gasteiger partial charge is 0.246 e. The fraction of sp³-hybridized carbons (Fsp3) is 0.438. The molecule has 2 unspecified atom stereocenters. The molecule has 0 aromatic heterocycles. The number of methoxy groups -OCH3 is 1. The first kappa shape index (κ1) is 14.6. The molecule has 0 aliphatic carbocycles. The van der Waals surface area contributed by atoms with Gasteiger partial charge in [-0.15, -0.1) is 0 Å². The van der Waals surface area contributed by atoms with Crippen molar-refractivity contribution in [3.63, 3.8) is 0 Å². The number of hydrogen-bond donors (Lipinski definition) is 1. The van der Waals surface area contributed by atoms with Gasteiger partial charge in [-0.2, -0.15) is 0 Å². The van der Waals surface area contributed by atoms with Crippen LogP contribution in [-0.4, -0.2) is 43.1 Å². The SMILES string of the molecule is COc1ccc(C=CC(=O)N2CC(C)NCC2C)cc1. The van der Waals surface area contributed by atoms with Gasteiger partial charge in [-0.25, -0.2) is 0 Å². The molecule has 4 heteroatoms. The molecule has 0 saturated carbocycles. The minimum absolute atomic E-state index is 0.0710. The molecular formula is C16H22N2O2. The van der Waals surface area contributed by atoms with Gasteiger partial charge >= 0.3 is 0 Å². The van der Waals surface area contributed by atoms with E-state index >= 15 is 0 Å². The van der Waals surface area contributed by atoms with Crippen LogP contribution < -0.4 is 10.1 Å². The first-order valence-corrected chi connectivity index (χ1v) is 6.96. The Bertz CT molecular complexity index is 482. The van der Waals surface area contributed by atoms with E-state index in [9.17, 15) is 4.79 Å². The van der Waals surface area contributed by atoms with E-state index in [1.807, 2.05) is 35.2 Å². The zero-order chi connectivity index (χ0) is 14.5. The van der Waals surface area contributed by atoms with Crippen molar-refractivity contribution in [2.24, 2.45) is 0 Å². The second-order valence-electron chi connectivity index (χ2n) is 5.26. The molecule has 4 nitrogen and oxygen atoms in total. The number of carbonyl (C=O) groups excluding carboxylic acids is 1. The topological polar surface area (TPSA) is 41.6 Å². The van der Waals surface area contributed by atoms with E-state index in [1.165, 1.54) is 0 Å². The van der Waals surface area contributed by atoms with Crippen LogP contribution in [0.3, 0.4) is 0 Å². The van der Waals surface area contributed by atoms with E-state index in [0.29, 0.717) is 6.04 Å². The van der Waals surface area contributed by atoms with Crippen LogP contribution in [0.15, 0.2) is 30.3 Å². The van der Waals surface area contributed by atoms with E-state index < -0.39 is 0 Å². The van der Waals surface area contributed by atoms with Gasteiger partial charge in [0, 0.05) is 31.2 Å². The quantitative estimate of drug-likeness (QED) is 0.856. The molecule has 0 bridgehead atoms. The monoisotopic (exact) mass is 274 g/mol. The van der Waals surface area contributed by atoms with Gasteiger partial charge in [-0.1, -0.05) is 12.1 Å². The number of carbonyl (C=O) groups is 1. The highest BCUT2D eigenvalue weighted by atomic mass is 16.5. The molecule has 1 aliphatic rings. The second-order valence-corrected chi connectivity index (χ2v) is 5.26. The fourth-order valence-corrected chi connectivity index (χ4v) is 2.31. The van der Waals surface area contributed by atoms with Crippen LogP contribution in [0.5, 0.6) is 5.75 Å². The Kier molecular flexibility index (Phi) is 4.79. The van der Waals surface area contributed by atoms with E-state index in [-0.39, 0.29) is 11.9 Å². The van der Waals surface area contributed by atoms with Gasteiger partial charge in [0.1, 0.15) is 5.75 Å². The lowest BCUT2D eigenvalue weighted by Crippen LogP contribution is -2.55. The van der Waals surface area contributed by atoms with Crippen molar-refractivity contribution in [3.8, 4) is 5.75 Å². The van der Waals surface area contributed by atoms with Gasteiger partial charge in [0.05, 0.1) is 7.11 Å². The molecule has 108 valence electrons. The lowest BCUT2D eigenvalue weighted by Gasteiger charge is -2.36. The molecule has 1 N–H and O–H groups in total. The van der Waals surface area contributed by atoms with Gasteiger partial charge in [0.15, 0.2) is 0 Å². The minimum atomic E-state index is 0.0710. The molecule has 1 saturated heterocycles. The Hall–Kier alpha value is -1.81. The molecule has 1 aliphatic heterocycles. The Morgan fingerprint density at radius 3 is 2.70 bits per heavy atom. The summed E-state index contributed by atoms with van der Waals surface area (Å²) in [6.07, 6.45) is 3.50. The average molecular weight is 274 g/mol. The zero-order valence-corrected chi connectivity index (χ0v) is 12.3. The molecule has 2 rings (SSSR count). The van der Waals surface area contributed by atoms with Crippen molar-refractivity contribution in [2.75, 3.05) is 20.2 Å². The van der Waals surface area contributed by atoms with E-state index in [0.717, 1.165) is 24.4 Å². The standard InChI is InChI=1S/C16H22N2O2/c1-12-11-18(13(2)10-17-12)16(19)9-6-14-4-7-15(20-3)8-5-14/h4-9,12-13,17H,10-11H2,1-3H3. The Morgan fingerprint density at radius 2 is 2.05 bits per heavy atom. The highest BCUT2D eigenvalue weighted by Gasteiger charge is 2.24. The summed E-state index contributed by atoms with van der Waals surface area (Å²) in [6, 6.07) is 8.24. The van der Waals surface area contributed by atoms with Gasteiger partial charge in [0.2, 0.25) is 5.91 Å². The summed E-state index contributed by atoms with van der Waals surface area (Å²) < 4.78 is 5.11. The fourth-order valence-electron chi connectivity index (χ4n) is 2.31. The number of hydrogen-bond acceptors (Lipinski definition) is 3. The van der Waals surface area contributed by atoms with Gasteiger partial charge < -0.3 is 15.0 Å². The molecule has 1 aromatic rings. The lowest BCUT2D eigenvalue weighted by molar-refractivity contribution is -0.129. The second kappa shape index (κ2) is 6.57. The van der Waals surface area contributed by atoms with E-state index in [1.54, 1.807) is 13.2 Å². The summed E-state index contributed by atoms with van der Waals surface area (Å²) in [5, 5.41) is 3.37. The summed E-state index contributed by atoms with van der Waals surface area (Å²) in [6.45, 7) is 5.77. The molecule has 1 fully saturated rings. The summed E-state index contributed by atoms with van der Waals surface area (Å²) in [5.41, 5.74) is 0.995. The maximum Gasteiger partial charge on any atom is 0.246 e. The maximum atomic E-state index is 12.2. The first-order chi connectivity index (χ1) is 9.60. The molecule has 2 atom stereocenters. The van der Waals surface area contributed by atoms with Gasteiger partial charge in [-0.3, -0.25) is 4.79 Å². The van der Waals surface area contributed by atoms with Gasteiger partial charge in [-0.05, 0) is 37.6 Å². The van der Waals surface area contributed by atoms with Crippen molar-refractivity contribution in [1.82, 2.24) is 10.2 Å².